The van der Waals surface area contributed by atoms with E-state index in [-0.39, 0.29) is 5.82 Å². The number of hydrogen-bond donors (Lipinski definition) is 2. The number of anilines is 1. The minimum atomic E-state index is -1.01. The number of halogens is 3. The molecule has 0 aliphatic heterocycles. The molecule has 0 amide bonds. The molecule has 4 nitrogen and oxygen atoms in total. The highest BCUT2D eigenvalue weighted by Gasteiger charge is 2.20. The average Bonchev–Trinajstić information content (AvgIpc) is 2.62. The van der Waals surface area contributed by atoms with Crippen LogP contribution in [0.1, 0.15) is 17.4 Å². The maximum absolute atomic E-state index is 10.1. The molecule has 0 bridgehead atoms. The van der Waals surface area contributed by atoms with Crippen LogP contribution in [-0.2, 0) is 0 Å². The predicted molar refractivity (Wildman–Crippen MR) is 71.8 cm³/mol. The van der Waals surface area contributed by atoms with Crippen molar-refractivity contribution in [2.75, 3.05) is 5.73 Å². The molecular formula is C10H7Br2ClN2O2. The van der Waals surface area contributed by atoms with Gasteiger partial charge in [0.1, 0.15) is 17.7 Å². The summed E-state index contributed by atoms with van der Waals surface area (Å²) in [6, 6.07) is 3.20. The van der Waals surface area contributed by atoms with Gasteiger partial charge in [0.2, 0.25) is 0 Å². The number of rotatable bonds is 2. The Labute approximate surface area is 119 Å². The summed E-state index contributed by atoms with van der Waals surface area (Å²) < 4.78 is 6.53. The zero-order valence-corrected chi connectivity index (χ0v) is 12.3. The van der Waals surface area contributed by atoms with Crippen molar-refractivity contribution in [1.82, 2.24) is 4.98 Å². The number of aliphatic hydroxyl groups excluding tert-OH is 1. The van der Waals surface area contributed by atoms with Crippen molar-refractivity contribution in [2.24, 2.45) is 0 Å². The van der Waals surface area contributed by atoms with E-state index in [9.17, 15) is 5.11 Å². The van der Waals surface area contributed by atoms with Gasteiger partial charge in [-0.05, 0) is 44.0 Å². The van der Waals surface area contributed by atoms with E-state index in [1.165, 1.54) is 6.20 Å². The lowest BCUT2D eigenvalue weighted by atomic mass is 10.1. The van der Waals surface area contributed by atoms with Gasteiger partial charge in [-0.1, -0.05) is 11.6 Å². The zero-order valence-electron chi connectivity index (χ0n) is 8.32. The van der Waals surface area contributed by atoms with E-state index < -0.39 is 6.10 Å². The maximum atomic E-state index is 10.1. The molecular weight excluding hydrogens is 375 g/mol. The van der Waals surface area contributed by atoms with E-state index in [1.54, 1.807) is 12.1 Å². The summed E-state index contributed by atoms with van der Waals surface area (Å²) in [6.07, 6.45) is 0.407. The summed E-state index contributed by atoms with van der Waals surface area (Å²) in [5.74, 6) is 0.560. The zero-order chi connectivity index (χ0) is 12.6. The molecule has 0 radical (unpaired) electrons. The molecule has 2 aromatic heterocycles. The Hall–Kier alpha value is -0.560. The quantitative estimate of drug-likeness (QED) is 0.834. The molecule has 90 valence electrons. The van der Waals surface area contributed by atoms with Gasteiger partial charge < -0.3 is 15.3 Å². The monoisotopic (exact) mass is 380 g/mol. The van der Waals surface area contributed by atoms with Crippen LogP contribution in [0.4, 0.5) is 5.82 Å². The van der Waals surface area contributed by atoms with E-state index in [0.717, 1.165) is 0 Å². The van der Waals surface area contributed by atoms with E-state index in [0.29, 0.717) is 25.5 Å². The Bertz CT molecular complexity index is 540. The van der Waals surface area contributed by atoms with E-state index in [1.807, 2.05) is 0 Å². The second-order valence-corrected chi connectivity index (χ2v) is 5.31. The Morgan fingerprint density at radius 1 is 1.41 bits per heavy atom. The van der Waals surface area contributed by atoms with Gasteiger partial charge >= 0.3 is 0 Å². The van der Waals surface area contributed by atoms with Crippen LogP contribution in [0.25, 0.3) is 0 Å². The summed E-state index contributed by atoms with van der Waals surface area (Å²) in [5.41, 5.74) is 6.09. The summed E-state index contributed by atoms with van der Waals surface area (Å²) in [4.78, 5) is 3.88. The molecule has 0 saturated heterocycles. The molecule has 2 aromatic rings. The smallest absolute Gasteiger partial charge is 0.183 e. The minimum Gasteiger partial charge on any atom is -0.450 e. The third-order valence-electron chi connectivity index (χ3n) is 2.14. The first-order valence-electron chi connectivity index (χ1n) is 4.52. The Morgan fingerprint density at radius 2 is 2.12 bits per heavy atom. The van der Waals surface area contributed by atoms with Crippen LogP contribution in [-0.4, -0.2) is 10.1 Å². The molecule has 0 aliphatic carbocycles. The minimum absolute atomic E-state index is 0.213. The Balaban J connectivity index is 2.42. The number of aliphatic hydroxyl groups is 1. The molecule has 1 atom stereocenters. The van der Waals surface area contributed by atoms with Crippen molar-refractivity contribution < 1.29 is 9.52 Å². The van der Waals surface area contributed by atoms with Gasteiger partial charge in [-0.2, -0.15) is 0 Å². The Morgan fingerprint density at radius 3 is 2.71 bits per heavy atom. The number of pyridine rings is 1. The lowest BCUT2D eigenvalue weighted by Gasteiger charge is -2.10. The highest BCUT2D eigenvalue weighted by molar-refractivity contribution is 9.13. The van der Waals surface area contributed by atoms with Crippen LogP contribution >= 0.6 is 43.5 Å². The summed E-state index contributed by atoms with van der Waals surface area (Å²) in [5, 5.41) is 10.5. The maximum Gasteiger partial charge on any atom is 0.183 e. The number of nitrogens with two attached hydrogens (primary N) is 1. The normalized spacial score (nSPS) is 12.7. The van der Waals surface area contributed by atoms with Crippen molar-refractivity contribution in [2.45, 2.75) is 6.10 Å². The molecule has 0 spiro atoms. The average molecular weight is 382 g/mol. The standard InChI is InChI=1S/C10H7Br2ClN2O2/c11-6-2-7(17-9(6)12)8(16)5-1-4(13)3-15-10(5)14/h1-3,8,16H,(H2,14,15). The lowest BCUT2D eigenvalue weighted by Crippen LogP contribution is -2.04. The first kappa shape index (κ1) is 12.9. The van der Waals surface area contributed by atoms with Crippen LogP contribution in [0.15, 0.2) is 31.9 Å². The number of nitrogens with zero attached hydrogens (tertiary/aromatic N) is 1. The van der Waals surface area contributed by atoms with Crippen molar-refractivity contribution in [3.63, 3.8) is 0 Å². The van der Waals surface area contributed by atoms with Gasteiger partial charge in [-0.3, -0.25) is 0 Å². The highest BCUT2D eigenvalue weighted by Crippen LogP contribution is 2.34. The molecule has 0 aromatic carbocycles. The lowest BCUT2D eigenvalue weighted by molar-refractivity contribution is 0.188. The third-order valence-corrected chi connectivity index (χ3v) is 4.06. The largest absolute Gasteiger partial charge is 0.450 e. The van der Waals surface area contributed by atoms with E-state index >= 15 is 0 Å². The van der Waals surface area contributed by atoms with Gasteiger partial charge in [0, 0.05) is 11.8 Å². The second-order valence-electron chi connectivity index (χ2n) is 3.30. The molecule has 17 heavy (non-hydrogen) atoms. The molecule has 2 heterocycles. The third kappa shape index (κ3) is 2.65. The molecule has 0 saturated carbocycles. The fourth-order valence-corrected chi connectivity index (χ4v) is 2.11. The van der Waals surface area contributed by atoms with Crippen LogP contribution in [0.5, 0.6) is 0 Å². The van der Waals surface area contributed by atoms with Crippen LogP contribution in [0.3, 0.4) is 0 Å². The fourth-order valence-electron chi connectivity index (χ4n) is 1.34. The second kappa shape index (κ2) is 4.97. The number of furan rings is 1. The first-order valence-corrected chi connectivity index (χ1v) is 6.49. The van der Waals surface area contributed by atoms with Crippen molar-refractivity contribution in [3.8, 4) is 0 Å². The molecule has 1 unspecified atom stereocenters. The molecule has 2 rings (SSSR count). The van der Waals surface area contributed by atoms with Crippen molar-refractivity contribution >= 4 is 49.3 Å². The van der Waals surface area contributed by atoms with Crippen LogP contribution < -0.4 is 5.73 Å². The van der Waals surface area contributed by atoms with E-state index in [4.69, 9.17) is 21.8 Å². The summed E-state index contributed by atoms with van der Waals surface area (Å²) >= 11 is 12.3. The topological polar surface area (TPSA) is 72.3 Å². The van der Waals surface area contributed by atoms with Crippen molar-refractivity contribution in [1.29, 1.82) is 0 Å². The summed E-state index contributed by atoms with van der Waals surface area (Å²) in [7, 11) is 0. The number of nitrogen functional groups attached to an aromatic ring is 1. The fraction of sp³-hybridized carbons (Fsp3) is 0.100. The molecule has 7 heteroatoms. The van der Waals surface area contributed by atoms with Gasteiger partial charge in [0.15, 0.2) is 4.67 Å². The van der Waals surface area contributed by atoms with Gasteiger partial charge in [0.05, 0.1) is 9.50 Å². The van der Waals surface area contributed by atoms with E-state index in [2.05, 4.69) is 36.8 Å². The van der Waals surface area contributed by atoms with Gasteiger partial charge in [0.25, 0.3) is 0 Å². The van der Waals surface area contributed by atoms with Gasteiger partial charge in [-0.15, -0.1) is 0 Å². The van der Waals surface area contributed by atoms with Gasteiger partial charge in [-0.25, -0.2) is 4.98 Å². The van der Waals surface area contributed by atoms with Crippen LogP contribution in [0.2, 0.25) is 5.02 Å². The Kier molecular flexibility index (Phi) is 3.77. The molecule has 0 aliphatic rings. The molecule has 3 N–H and O–H groups in total. The number of hydrogen-bond acceptors (Lipinski definition) is 4. The van der Waals surface area contributed by atoms with Crippen LogP contribution in [0, 0.1) is 0 Å². The highest BCUT2D eigenvalue weighted by atomic mass is 79.9. The number of aromatic nitrogens is 1. The first-order chi connectivity index (χ1) is 7.99. The predicted octanol–water partition coefficient (Wildman–Crippen LogP) is 3.52. The summed E-state index contributed by atoms with van der Waals surface area (Å²) in [6.45, 7) is 0. The SMILES string of the molecule is Nc1ncc(Cl)cc1C(O)c1cc(Br)c(Br)o1. The van der Waals surface area contributed by atoms with Crippen molar-refractivity contribution in [3.05, 3.63) is 43.8 Å². The molecule has 0 fully saturated rings.